The fraction of sp³-hybridized carbons (Fsp3) is 0.600. The van der Waals surface area contributed by atoms with Crippen molar-refractivity contribution in [1.29, 1.82) is 0 Å². The van der Waals surface area contributed by atoms with Crippen LogP contribution in [0.1, 0.15) is 31.7 Å². The van der Waals surface area contributed by atoms with Crippen LogP contribution in [0.3, 0.4) is 0 Å². The summed E-state index contributed by atoms with van der Waals surface area (Å²) in [6.45, 7) is 5.49. The zero-order chi connectivity index (χ0) is 12.6. The van der Waals surface area contributed by atoms with Gasteiger partial charge in [-0.2, -0.15) is 0 Å². The van der Waals surface area contributed by atoms with Crippen molar-refractivity contribution in [2.24, 2.45) is 0 Å². The van der Waals surface area contributed by atoms with E-state index in [4.69, 9.17) is 9.47 Å². The quantitative estimate of drug-likeness (QED) is 0.841. The maximum Gasteiger partial charge on any atom is 0.119 e. The van der Waals surface area contributed by atoms with Crippen LogP contribution in [0.15, 0.2) is 24.3 Å². The molecule has 0 spiro atoms. The lowest BCUT2D eigenvalue weighted by Gasteiger charge is -2.22. The Hall–Kier alpha value is -1.06. The maximum atomic E-state index is 5.68. The molecule has 1 aliphatic heterocycles. The molecular weight excluding hydrogens is 226 g/mol. The van der Waals surface area contributed by atoms with Crippen molar-refractivity contribution < 1.29 is 9.47 Å². The second-order valence-electron chi connectivity index (χ2n) is 4.70. The van der Waals surface area contributed by atoms with Crippen LogP contribution in [-0.4, -0.2) is 25.9 Å². The molecule has 1 heterocycles. The molecule has 1 N–H and O–H groups in total. The Bertz CT molecular complexity index is 331. The van der Waals surface area contributed by atoms with Crippen molar-refractivity contribution in [2.45, 2.75) is 38.8 Å². The monoisotopic (exact) mass is 249 g/mol. The summed E-state index contributed by atoms with van der Waals surface area (Å²) in [5, 5.41) is 3.46. The van der Waals surface area contributed by atoms with Crippen molar-refractivity contribution in [3.63, 3.8) is 0 Å². The highest BCUT2D eigenvalue weighted by Crippen LogP contribution is 2.13. The average Bonchev–Trinajstić information content (AvgIpc) is 2.42. The first-order valence-corrected chi connectivity index (χ1v) is 6.92. The van der Waals surface area contributed by atoms with Gasteiger partial charge in [0.15, 0.2) is 0 Å². The molecular formula is C15H23NO2. The standard InChI is InChI=1S/C15H23NO2/c1-2-17-14-8-6-13(7-9-14)11-16-12-15-5-3-4-10-18-15/h6-9,15-16H,2-5,10-12H2,1H3. The minimum atomic E-state index is 0.404. The van der Waals surface area contributed by atoms with E-state index in [-0.39, 0.29) is 0 Å². The van der Waals surface area contributed by atoms with Crippen LogP contribution in [0.4, 0.5) is 0 Å². The van der Waals surface area contributed by atoms with Crippen LogP contribution in [0, 0.1) is 0 Å². The third kappa shape index (κ3) is 4.31. The van der Waals surface area contributed by atoms with Gasteiger partial charge in [0, 0.05) is 19.7 Å². The summed E-state index contributed by atoms with van der Waals surface area (Å²) in [5.41, 5.74) is 1.29. The van der Waals surface area contributed by atoms with Crippen LogP contribution in [0.25, 0.3) is 0 Å². The predicted molar refractivity (Wildman–Crippen MR) is 72.9 cm³/mol. The number of nitrogens with one attached hydrogen (secondary N) is 1. The van der Waals surface area contributed by atoms with E-state index in [1.54, 1.807) is 0 Å². The molecule has 0 aliphatic carbocycles. The lowest BCUT2D eigenvalue weighted by atomic mass is 10.1. The highest BCUT2D eigenvalue weighted by Gasteiger charge is 2.12. The van der Waals surface area contributed by atoms with Crippen molar-refractivity contribution in [3.05, 3.63) is 29.8 Å². The van der Waals surface area contributed by atoms with Gasteiger partial charge in [0.25, 0.3) is 0 Å². The molecule has 3 heteroatoms. The molecule has 1 aromatic rings. The SMILES string of the molecule is CCOc1ccc(CNCC2CCCCO2)cc1. The Morgan fingerprint density at radius 2 is 2.11 bits per heavy atom. The van der Waals surface area contributed by atoms with Gasteiger partial charge in [-0.15, -0.1) is 0 Å². The summed E-state index contributed by atoms with van der Waals surface area (Å²) >= 11 is 0. The molecule has 0 amide bonds. The Balaban J connectivity index is 1.69. The average molecular weight is 249 g/mol. The van der Waals surface area contributed by atoms with E-state index in [1.165, 1.54) is 24.8 Å². The van der Waals surface area contributed by atoms with Gasteiger partial charge in [-0.05, 0) is 43.9 Å². The summed E-state index contributed by atoms with van der Waals surface area (Å²) in [7, 11) is 0. The third-order valence-corrected chi connectivity index (χ3v) is 3.21. The van der Waals surface area contributed by atoms with Crippen LogP contribution in [-0.2, 0) is 11.3 Å². The van der Waals surface area contributed by atoms with Crippen molar-refractivity contribution >= 4 is 0 Å². The van der Waals surface area contributed by atoms with E-state index >= 15 is 0 Å². The van der Waals surface area contributed by atoms with Crippen LogP contribution in [0.5, 0.6) is 5.75 Å². The van der Waals surface area contributed by atoms with E-state index in [0.29, 0.717) is 6.10 Å². The summed E-state index contributed by atoms with van der Waals surface area (Å²) in [6, 6.07) is 8.27. The first kappa shape index (κ1) is 13.4. The highest BCUT2D eigenvalue weighted by molar-refractivity contribution is 5.27. The van der Waals surface area contributed by atoms with Gasteiger partial charge < -0.3 is 14.8 Å². The lowest BCUT2D eigenvalue weighted by Crippen LogP contribution is -2.31. The Labute approximate surface area is 109 Å². The molecule has 3 nitrogen and oxygen atoms in total. The minimum absolute atomic E-state index is 0.404. The first-order chi connectivity index (χ1) is 8.88. The smallest absolute Gasteiger partial charge is 0.119 e. The zero-order valence-corrected chi connectivity index (χ0v) is 11.2. The van der Waals surface area contributed by atoms with E-state index in [9.17, 15) is 0 Å². The molecule has 0 saturated carbocycles. The maximum absolute atomic E-state index is 5.68. The number of rotatable bonds is 6. The number of ether oxygens (including phenoxy) is 2. The van der Waals surface area contributed by atoms with Gasteiger partial charge in [-0.3, -0.25) is 0 Å². The van der Waals surface area contributed by atoms with E-state index < -0.39 is 0 Å². The van der Waals surface area contributed by atoms with Crippen LogP contribution >= 0.6 is 0 Å². The summed E-state index contributed by atoms with van der Waals surface area (Å²) in [4.78, 5) is 0. The molecule has 1 unspecified atom stereocenters. The molecule has 18 heavy (non-hydrogen) atoms. The fourth-order valence-electron chi connectivity index (χ4n) is 2.22. The second kappa shape index (κ2) is 7.39. The molecule has 1 aliphatic rings. The molecule has 1 aromatic carbocycles. The Morgan fingerprint density at radius 1 is 1.28 bits per heavy atom. The largest absolute Gasteiger partial charge is 0.494 e. The van der Waals surface area contributed by atoms with Crippen molar-refractivity contribution in [1.82, 2.24) is 5.32 Å². The predicted octanol–water partition coefficient (Wildman–Crippen LogP) is 2.74. The summed E-state index contributed by atoms with van der Waals surface area (Å²) in [5.74, 6) is 0.942. The van der Waals surface area contributed by atoms with Gasteiger partial charge in [0.2, 0.25) is 0 Å². The summed E-state index contributed by atoms with van der Waals surface area (Å²) in [6.07, 6.45) is 4.11. The molecule has 0 aromatic heterocycles. The topological polar surface area (TPSA) is 30.5 Å². The Morgan fingerprint density at radius 3 is 2.78 bits per heavy atom. The van der Waals surface area contributed by atoms with Gasteiger partial charge in [0.1, 0.15) is 5.75 Å². The van der Waals surface area contributed by atoms with Crippen molar-refractivity contribution in [3.8, 4) is 5.75 Å². The third-order valence-electron chi connectivity index (χ3n) is 3.21. The van der Waals surface area contributed by atoms with E-state index in [0.717, 1.165) is 32.1 Å². The number of hydrogen-bond acceptors (Lipinski definition) is 3. The molecule has 1 fully saturated rings. The van der Waals surface area contributed by atoms with Gasteiger partial charge in [-0.25, -0.2) is 0 Å². The normalized spacial score (nSPS) is 19.7. The number of hydrogen-bond donors (Lipinski definition) is 1. The lowest BCUT2D eigenvalue weighted by molar-refractivity contribution is 0.0168. The minimum Gasteiger partial charge on any atom is -0.494 e. The first-order valence-electron chi connectivity index (χ1n) is 6.92. The van der Waals surface area contributed by atoms with Gasteiger partial charge in [0.05, 0.1) is 12.7 Å². The van der Waals surface area contributed by atoms with Gasteiger partial charge >= 0.3 is 0 Å². The molecule has 100 valence electrons. The molecule has 0 bridgehead atoms. The van der Waals surface area contributed by atoms with Gasteiger partial charge in [-0.1, -0.05) is 12.1 Å². The van der Waals surface area contributed by atoms with Crippen molar-refractivity contribution in [2.75, 3.05) is 19.8 Å². The molecule has 1 saturated heterocycles. The van der Waals surface area contributed by atoms with Crippen LogP contribution < -0.4 is 10.1 Å². The number of benzene rings is 1. The zero-order valence-electron chi connectivity index (χ0n) is 11.2. The molecule has 0 radical (unpaired) electrons. The fourth-order valence-corrected chi connectivity index (χ4v) is 2.22. The van der Waals surface area contributed by atoms with E-state index in [2.05, 4.69) is 17.4 Å². The second-order valence-corrected chi connectivity index (χ2v) is 4.70. The Kier molecular flexibility index (Phi) is 5.49. The molecule has 2 rings (SSSR count). The summed E-state index contributed by atoms with van der Waals surface area (Å²) < 4.78 is 11.1. The highest BCUT2D eigenvalue weighted by atomic mass is 16.5. The van der Waals surface area contributed by atoms with E-state index in [1.807, 2.05) is 19.1 Å². The van der Waals surface area contributed by atoms with Crippen LogP contribution in [0.2, 0.25) is 0 Å². The molecule has 1 atom stereocenters.